The van der Waals surface area contributed by atoms with E-state index in [0.717, 1.165) is 21.6 Å². The molecule has 8 heteroatoms. The highest BCUT2D eigenvalue weighted by molar-refractivity contribution is 7.23. The average Bonchev–Trinajstić information content (AvgIpc) is 3.36. The number of aromatic nitrogens is 3. The molecular weight excluding hydrogens is 395 g/mol. The van der Waals surface area contributed by atoms with E-state index in [2.05, 4.69) is 15.4 Å². The van der Waals surface area contributed by atoms with Gasteiger partial charge in [0.1, 0.15) is 10.6 Å². The van der Waals surface area contributed by atoms with Gasteiger partial charge in [-0.25, -0.2) is 14.1 Å². The summed E-state index contributed by atoms with van der Waals surface area (Å²) in [6.45, 7) is 1.93. The van der Waals surface area contributed by atoms with Crippen LogP contribution in [0.1, 0.15) is 15.4 Å². The fourth-order valence-corrected chi connectivity index (χ4v) is 4.98. The number of amides is 1. The summed E-state index contributed by atoms with van der Waals surface area (Å²) in [5.41, 5.74) is 2.47. The lowest BCUT2D eigenvalue weighted by Crippen LogP contribution is -2.09. The first-order valence-electron chi connectivity index (χ1n) is 8.50. The number of anilines is 1. The molecule has 0 aliphatic rings. The maximum Gasteiger partial charge on any atom is 0.267 e. The van der Waals surface area contributed by atoms with Crippen LogP contribution in [0.4, 0.5) is 9.52 Å². The van der Waals surface area contributed by atoms with Crippen LogP contribution in [-0.4, -0.2) is 20.7 Å². The third kappa shape index (κ3) is 2.87. The Morgan fingerprint density at radius 1 is 1.11 bits per heavy atom. The molecule has 0 bridgehead atoms. The standard InChI is InChI=1S/C20H13FN4OS2/c1-11-14-10-17(27-19(14)25(24-11)13-5-3-2-4-6-13)18(26)23-20-22-15-8-7-12(21)9-16(15)28-20/h2-10H,1H3,(H,22,23,26). The molecule has 5 rings (SSSR count). The number of carbonyl (C=O) groups excluding carboxylic acids is 1. The minimum absolute atomic E-state index is 0.236. The van der Waals surface area contributed by atoms with Gasteiger partial charge in [0.2, 0.25) is 0 Å². The molecule has 2 aromatic carbocycles. The van der Waals surface area contributed by atoms with E-state index in [0.29, 0.717) is 20.2 Å². The Morgan fingerprint density at radius 2 is 1.93 bits per heavy atom. The predicted octanol–water partition coefficient (Wildman–Crippen LogP) is 5.40. The molecule has 3 aromatic heterocycles. The van der Waals surface area contributed by atoms with Crippen molar-refractivity contribution in [2.24, 2.45) is 0 Å². The second-order valence-electron chi connectivity index (χ2n) is 6.25. The molecule has 0 aliphatic carbocycles. The first-order chi connectivity index (χ1) is 13.6. The van der Waals surface area contributed by atoms with Gasteiger partial charge in [0.05, 0.1) is 26.5 Å². The Morgan fingerprint density at radius 3 is 2.75 bits per heavy atom. The molecular formula is C20H13FN4OS2. The number of nitrogens with zero attached hydrogens (tertiary/aromatic N) is 3. The van der Waals surface area contributed by atoms with Crippen LogP contribution < -0.4 is 5.32 Å². The topological polar surface area (TPSA) is 59.8 Å². The van der Waals surface area contributed by atoms with Crippen molar-refractivity contribution in [3.05, 3.63) is 71.0 Å². The summed E-state index contributed by atoms with van der Waals surface area (Å²) in [5.74, 6) is -0.556. The molecule has 0 atom stereocenters. The van der Waals surface area contributed by atoms with Crippen LogP contribution in [0.5, 0.6) is 0 Å². The number of hydrogen-bond acceptors (Lipinski definition) is 5. The van der Waals surface area contributed by atoms with E-state index in [1.807, 2.05) is 48.0 Å². The fraction of sp³-hybridized carbons (Fsp3) is 0.0500. The molecule has 3 heterocycles. The van der Waals surface area contributed by atoms with Crippen LogP contribution in [-0.2, 0) is 0 Å². The second-order valence-corrected chi connectivity index (χ2v) is 8.31. The van der Waals surface area contributed by atoms with Crippen LogP contribution >= 0.6 is 22.7 Å². The van der Waals surface area contributed by atoms with Gasteiger partial charge in [-0.05, 0) is 43.3 Å². The van der Waals surface area contributed by atoms with Gasteiger partial charge < -0.3 is 0 Å². The molecule has 1 amide bonds. The number of thiophene rings is 1. The molecule has 0 fully saturated rings. The highest BCUT2D eigenvalue weighted by Crippen LogP contribution is 2.32. The molecule has 5 nitrogen and oxygen atoms in total. The quantitative estimate of drug-likeness (QED) is 0.435. The van der Waals surface area contributed by atoms with Crippen molar-refractivity contribution < 1.29 is 9.18 Å². The van der Waals surface area contributed by atoms with Crippen LogP contribution in [0.3, 0.4) is 0 Å². The van der Waals surface area contributed by atoms with E-state index < -0.39 is 0 Å². The van der Waals surface area contributed by atoms with Gasteiger partial charge in [-0.3, -0.25) is 10.1 Å². The van der Waals surface area contributed by atoms with Crippen molar-refractivity contribution in [2.75, 3.05) is 5.32 Å². The summed E-state index contributed by atoms with van der Waals surface area (Å²) < 4.78 is 15.9. The minimum atomic E-state index is -0.320. The largest absolute Gasteiger partial charge is 0.297 e. The Labute approximate surface area is 167 Å². The number of rotatable bonds is 3. The maximum atomic E-state index is 13.4. The molecule has 1 N–H and O–H groups in total. The van der Waals surface area contributed by atoms with E-state index in [4.69, 9.17) is 0 Å². The number of aryl methyl sites for hydroxylation is 1. The zero-order chi connectivity index (χ0) is 19.3. The van der Waals surface area contributed by atoms with Gasteiger partial charge in [0, 0.05) is 5.39 Å². The van der Waals surface area contributed by atoms with Crippen molar-refractivity contribution in [3.63, 3.8) is 0 Å². The second kappa shape index (κ2) is 6.50. The number of halogens is 1. The molecule has 0 radical (unpaired) electrons. The van der Waals surface area contributed by atoms with Crippen molar-refractivity contribution in [2.45, 2.75) is 6.92 Å². The molecule has 5 aromatic rings. The lowest BCUT2D eigenvalue weighted by molar-refractivity contribution is 0.103. The number of carbonyl (C=O) groups is 1. The number of thiazole rings is 1. The zero-order valence-corrected chi connectivity index (χ0v) is 16.3. The van der Waals surface area contributed by atoms with Crippen molar-refractivity contribution in [3.8, 4) is 5.69 Å². The third-order valence-corrected chi connectivity index (χ3v) is 6.38. The van der Waals surface area contributed by atoms with Crippen molar-refractivity contribution in [1.82, 2.24) is 14.8 Å². The van der Waals surface area contributed by atoms with E-state index in [9.17, 15) is 9.18 Å². The normalized spacial score (nSPS) is 11.4. The Kier molecular flexibility index (Phi) is 3.96. The summed E-state index contributed by atoms with van der Waals surface area (Å²) in [7, 11) is 0. The molecule has 28 heavy (non-hydrogen) atoms. The molecule has 0 saturated heterocycles. The fourth-order valence-electron chi connectivity index (χ4n) is 3.01. The molecule has 0 unspecified atom stereocenters. The molecule has 0 saturated carbocycles. The van der Waals surface area contributed by atoms with Gasteiger partial charge in [-0.1, -0.05) is 29.5 Å². The lowest BCUT2D eigenvalue weighted by Gasteiger charge is -2.01. The molecule has 0 spiro atoms. The van der Waals surface area contributed by atoms with Gasteiger partial charge in [-0.15, -0.1) is 11.3 Å². The smallest absolute Gasteiger partial charge is 0.267 e. The SMILES string of the molecule is Cc1nn(-c2ccccc2)c2sc(C(=O)Nc3nc4ccc(F)cc4s3)cc12. The highest BCUT2D eigenvalue weighted by atomic mass is 32.1. The number of benzene rings is 2. The Hall–Kier alpha value is -3.10. The Bertz CT molecular complexity index is 1340. The molecule has 138 valence electrons. The number of hydrogen-bond donors (Lipinski definition) is 1. The number of fused-ring (bicyclic) bond motifs is 2. The summed E-state index contributed by atoms with van der Waals surface area (Å²) in [4.78, 5) is 18.6. The maximum absolute atomic E-state index is 13.4. The van der Waals surface area contributed by atoms with E-state index in [1.54, 1.807) is 6.07 Å². The number of nitrogens with one attached hydrogen (secondary N) is 1. The predicted molar refractivity (Wildman–Crippen MR) is 111 cm³/mol. The van der Waals surface area contributed by atoms with Gasteiger partial charge in [0.15, 0.2) is 5.13 Å². The zero-order valence-electron chi connectivity index (χ0n) is 14.6. The van der Waals surface area contributed by atoms with E-state index in [1.165, 1.54) is 34.8 Å². The summed E-state index contributed by atoms with van der Waals surface area (Å²) in [6.07, 6.45) is 0. The van der Waals surface area contributed by atoms with Crippen LogP contribution in [0.15, 0.2) is 54.6 Å². The van der Waals surface area contributed by atoms with Crippen LogP contribution in [0.25, 0.3) is 26.1 Å². The minimum Gasteiger partial charge on any atom is -0.297 e. The number of para-hydroxylation sites is 1. The van der Waals surface area contributed by atoms with Gasteiger partial charge >= 0.3 is 0 Å². The Balaban J connectivity index is 1.49. The average molecular weight is 408 g/mol. The highest BCUT2D eigenvalue weighted by Gasteiger charge is 2.18. The van der Waals surface area contributed by atoms with Crippen molar-refractivity contribution in [1.29, 1.82) is 0 Å². The monoisotopic (exact) mass is 408 g/mol. The van der Waals surface area contributed by atoms with E-state index in [-0.39, 0.29) is 11.7 Å². The summed E-state index contributed by atoms with van der Waals surface area (Å²) >= 11 is 2.63. The summed E-state index contributed by atoms with van der Waals surface area (Å²) in [5, 5.41) is 8.81. The first kappa shape index (κ1) is 17.0. The van der Waals surface area contributed by atoms with Crippen LogP contribution in [0, 0.1) is 12.7 Å². The van der Waals surface area contributed by atoms with Crippen molar-refractivity contribution >= 4 is 54.1 Å². The van der Waals surface area contributed by atoms with Gasteiger partial charge in [0.25, 0.3) is 5.91 Å². The van der Waals surface area contributed by atoms with Crippen LogP contribution in [0.2, 0.25) is 0 Å². The lowest BCUT2D eigenvalue weighted by atomic mass is 10.3. The first-order valence-corrected chi connectivity index (χ1v) is 10.1. The third-order valence-electron chi connectivity index (χ3n) is 4.34. The summed E-state index contributed by atoms with van der Waals surface area (Å²) in [6, 6.07) is 16.0. The van der Waals surface area contributed by atoms with Gasteiger partial charge in [-0.2, -0.15) is 5.10 Å². The molecule has 0 aliphatic heterocycles. The van der Waals surface area contributed by atoms with E-state index >= 15 is 0 Å².